The van der Waals surface area contributed by atoms with Crippen molar-refractivity contribution in [2.45, 2.75) is 94.8 Å². The quantitative estimate of drug-likeness (QED) is 0.149. The first-order chi connectivity index (χ1) is 29.2. The number of aromatic nitrogens is 4. The predicted octanol–water partition coefficient (Wildman–Crippen LogP) is 7.74. The van der Waals surface area contributed by atoms with Crippen LogP contribution < -0.4 is 19.7 Å². The number of urea groups is 1. The standard InChI is InChI=1S/C44H47F2N9O5S/c1-25(2)61(58,59)52-35-11-9-33(45)41(32(35)23-47)60-29-8-10-36-37(18-29)49-38(24-48-36)27-21-44(22-27)13-16-54(17-14-44)28-6-4-26(5-7-28)30-20-39-31(19-34(30)46)42(51-53(39)3)55-15-12-40(56)50-43(55)57/h8-11,18-20,24-28,52H,4-7,12-17,21-22H2,1-3H3,(H,50,56,57). The number of hydrogen-bond donors (Lipinski definition) is 2. The Hall–Kier alpha value is -5.73. The van der Waals surface area contributed by atoms with Crippen LogP contribution in [0.5, 0.6) is 11.5 Å². The summed E-state index contributed by atoms with van der Waals surface area (Å²) in [7, 11) is -2.00. The fourth-order valence-electron chi connectivity index (χ4n) is 9.78. The Labute approximate surface area is 352 Å². The predicted molar refractivity (Wildman–Crippen MR) is 225 cm³/mol. The van der Waals surface area contributed by atoms with Crippen LogP contribution in [0.25, 0.3) is 21.9 Å². The number of amides is 3. The zero-order valence-corrected chi connectivity index (χ0v) is 35.1. The molecule has 2 N–H and O–H groups in total. The van der Waals surface area contributed by atoms with E-state index in [1.165, 1.54) is 30.9 Å². The molecule has 2 saturated heterocycles. The molecule has 2 aliphatic heterocycles. The van der Waals surface area contributed by atoms with Crippen molar-refractivity contribution in [1.29, 1.82) is 5.26 Å². The van der Waals surface area contributed by atoms with E-state index in [9.17, 15) is 23.3 Å². The van der Waals surface area contributed by atoms with Crippen LogP contribution in [0, 0.1) is 28.4 Å². The summed E-state index contributed by atoms with van der Waals surface area (Å²) in [5.74, 6) is -0.843. The molecule has 0 radical (unpaired) electrons. The van der Waals surface area contributed by atoms with Crippen molar-refractivity contribution in [2.24, 2.45) is 12.5 Å². The largest absolute Gasteiger partial charge is 0.453 e. The maximum absolute atomic E-state index is 15.8. The first-order valence-electron chi connectivity index (χ1n) is 20.9. The molecule has 2 aromatic heterocycles. The Morgan fingerprint density at radius 2 is 1.72 bits per heavy atom. The van der Waals surface area contributed by atoms with Crippen molar-refractivity contribution in [3.63, 3.8) is 0 Å². The molecule has 5 aromatic rings. The second-order valence-electron chi connectivity index (χ2n) is 17.4. The fraction of sp³-hybridized carbons (Fsp3) is 0.455. The third-order valence-corrected chi connectivity index (χ3v) is 15.1. The minimum Gasteiger partial charge on any atom is -0.453 e. The van der Waals surface area contributed by atoms with E-state index >= 15 is 8.78 Å². The number of aryl methyl sites for hydroxylation is 1. The van der Waals surface area contributed by atoms with Crippen molar-refractivity contribution in [3.05, 3.63) is 77.1 Å². The number of fused-ring (bicyclic) bond motifs is 2. The van der Waals surface area contributed by atoms with Crippen molar-refractivity contribution in [3.8, 4) is 17.6 Å². The van der Waals surface area contributed by atoms with Crippen LogP contribution in [-0.4, -0.2) is 75.9 Å². The fourth-order valence-corrected chi connectivity index (χ4v) is 10.5. The van der Waals surface area contributed by atoms with Crippen molar-refractivity contribution >= 4 is 55.4 Å². The molecule has 4 fully saturated rings. The summed E-state index contributed by atoms with van der Waals surface area (Å²) in [6.07, 6.45) is 10.1. The molecular weight excluding hydrogens is 805 g/mol. The van der Waals surface area contributed by atoms with Gasteiger partial charge in [-0.15, -0.1) is 0 Å². The smallest absolute Gasteiger partial charge is 0.329 e. The Morgan fingerprint density at radius 1 is 0.967 bits per heavy atom. The third kappa shape index (κ3) is 7.64. The summed E-state index contributed by atoms with van der Waals surface area (Å²) >= 11 is 0. The summed E-state index contributed by atoms with van der Waals surface area (Å²) in [6.45, 7) is 5.26. The van der Waals surface area contributed by atoms with Gasteiger partial charge in [-0.1, -0.05) is 0 Å². The summed E-state index contributed by atoms with van der Waals surface area (Å²) < 4.78 is 65.7. The highest BCUT2D eigenvalue weighted by Crippen LogP contribution is 2.57. The first-order valence-corrected chi connectivity index (χ1v) is 22.5. The van der Waals surface area contributed by atoms with Gasteiger partial charge in [-0.2, -0.15) is 10.4 Å². The van der Waals surface area contributed by atoms with Crippen LogP contribution in [0.3, 0.4) is 0 Å². The van der Waals surface area contributed by atoms with Gasteiger partial charge in [0.05, 0.1) is 33.2 Å². The minimum atomic E-state index is -3.79. The van der Waals surface area contributed by atoms with E-state index in [1.807, 2.05) is 18.3 Å². The van der Waals surface area contributed by atoms with Crippen LogP contribution in [0.1, 0.15) is 100 Å². The van der Waals surface area contributed by atoms with Gasteiger partial charge in [-0.05, 0) is 132 Å². The number of ether oxygens (including phenoxy) is 1. The molecule has 0 atom stereocenters. The van der Waals surface area contributed by atoms with E-state index in [0.717, 1.165) is 81.7 Å². The van der Waals surface area contributed by atoms with Gasteiger partial charge < -0.3 is 9.64 Å². The SMILES string of the molecule is CC(C)S(=O)(=O)Nc1ccc(F)c(Oc2ccc3ncc(C4CC5(CCN(C6CCC(c7cc8c(cc7F)c(N7CCC(=O)NC7=O)nn8C)CC6)CC5)C4)nc3c2)c1C#N. The van der Waals surface area contributed by atoms with Gasteiger partial charge in [0, 0.05) is 49.6 Å². The van der Waals surface area contributed by atoms with Crippen LogP contribution in [0.2, 0.25) is 0 Å². The number of nitrogens with zero attached hydrogens (tertiary/aromatic N) is 7. The average Bonchev–Trinajstić information content (AvgIpc) is 3.54. The summed E-state index contributed by atoms with van der Waals surface area (Å²) in [5, 5.41) is 16.5. The summed E-state index contributed by atoms with van der Waals surface area (Å²) in [4.78, 5) is 37.8. The molecule has 1 spiro atoms. The second-order valence-corrected chi connectivity index (χ2v) is 19.6. The lowest BCUT2D eigenvalue weighted by Crippen LogP contribution is -2.50. The van der Waals surface area contributed by atoms with Crippen LogP contribution in [-0.2, 0) is 21.9 Å². The molecule has 3 aromatic carbocycles. The molecule has 4 heterocycles. The molecule has 3 amide bonds. The number of hydrogen-bond acceptors (Lipinski definition) is 10. The Morgan fingerprint density at radius 3 is 2.43 bits per heavy atom. The van der Waals surface area contributed by atoms with Gasteiger partial charge in [0.1, 0.15) is 23.2 Å². The molecule has 318 valence electrons. The summed E-state index contributed by atoms with van der Waals surface area (Å²) in [6, 6.07) is 12.4. The molecule has 0 unspecified atom stereocenters. The van der Waals surface area contributed by atoms with Gasteiger partial charge in [-0.3, -0.25) is 29.4 Å². The number of imide groups is 1. The maximum atomic E-state index is 15.8. The number of nitrogens with one attached hydrogen (secondary N) is 2. The van der Waals surface area contributed by atoms with Gasteiger partial charge >= 0.3 is 6.03 Å². The lowest BCUT2D eigenvalue weighted by molar-refractivity contribution is -0.120. The molecule has 14 nitrogen and oxygen atoms in total. The van der Waals surface area contributed by atoms with E-state index in [1.54, 1.807) is 29.9 Å². The zero-order valence-electron chi connectivity index (χ0n) is 34.2. The highest BCUT2D eigenvalue weighted by molar-refractivity contribution is 7.93. The number of rotatable bonds is 9. The molecule has 2 saturated carbocycles. The first kappa shape index (κ1) is 40.7. The van der Waals surface area contributed by atoms with E-state index < -0.39 is 27.1 Å². The minimum absolute atomic E-state index is 0.0658. The van der Waals surface area contributed by atoms with Gasteiger partial charge in [-0.25, -0.2) is 27.0 Å². The molecule has 17 heteroatoms. The molecule has 61 heavy (non-hydrogen) atoms. The average molecular weight is 852 g/mol. The van der Waals surface area contributed by atoms with E-state index in [0.29, 0.717) is 33.8 Å². The Bertz CT molecular complexity index is 2730. The molecular formula is C44H47F2N9O5S. The van der Waals surface area contributed by atoms with E-state index in [-0.39, 0.29) is 64.7 Å². The highest BCUT2D eigenvalue weighted by Gasteiger charge is 2.47. The van der Waals surface area contributed by atoms with Crippen molar-refractivity contribution in [1.82, 2.24) is 30.0 Å². The number of nitriles is 1. The second kappa shape index (κ2) is 15.6. The Balaban J connectivity index is 0.805. The van der Waals surface area contributed by atoms with Crippen molar-refractivity contribution < 1.29 is 31.5 Å². The third-order valence-electron chi connectivity index (χ3n) is 13.4. The number of sulfonamides is 1. The van der Waals surface area contributed by atoms with Crippen molar-refractivity contribution in [2.75, 3.05) is 29.3 Å². The lowest BCUT2D eigenvalue weighted by Gasteiger charge is -2.53. The number of piperidine rings is 1. The summed E-state index contributed by atoms with van der Waals surface area (Å²) in [5.41, 5.74) is 3.50. The number of anilines is 2. The monoisotopic (exact) mass is 851 g/mol. The highest BCUT2D eigenvalue weighted by atomic mass is 32.2. The number of carbonyl (C=O) groups excluding carboxylic acids is 2. The number of carbonyl (C=O) groups is 2. The molecule has 0 bridgehead atoms. The Kier molecular flexibility index (Phi) is 10.4. The topological polar surface area (TPSA) is 175 Å². The van der Waals surface area contributed by atoms with Gasteiger partial charge in [0.15, 0.2) is 17.4 Å². The number of halogens is 2. The molecule has 4 aliphatic rings. The van der Waals surface area contributed by atoms with Crippen LogP contribution in [0.4, 0.5) is 25.1 Å². The maximum Gasteiger partial charge on any atom is 0.329 e. The zero-order chi connectivity index (χ0) is 42.8. The normalized spacial score (nSPS) is 21.2. The van der Waals surface area contributed by atoms with Gasteiger partial charge in [0.25, 0.3) is 0 Å². The lowest BCUT2D eigenvalue weighted by atomic mass is 9.56. The number of likely N-dealkylation sites (tertiary alicyclic amines) is 1. The van der Waals surface area contributed by atoms with Crippen LogP contribution >= 0.6 is 0 Å². The van der Waals surface area contributed by atoms with Crippen LogP contribution in [0.15, 0.2) is 48.7 Å². The van der Waals surface area contributed by atoms with E-state index in [4.69, 9.17) is 9.72 Å². The molecule has 2 aliphatic carbocycles. The molecule has 9 rings (SSSR count). The van der Waals surface area contributed by atoms with E-state index in [2.05, 4.69) is 25.0 Å². The number of benzene rings is 3. The van der Waals surface area contributed by atoms with Gasteiger partial charge in [0.2, 0.25) is 15.9 Å².